The minimum atomic E-state index is -0.146. The predicted octanol–water partition coefficient (Wildman–Crippen LogP) is 3.15. The van der Waals surface area contributed by atoms with Gasteiger partial charge in [-0.25, -0.2) is 4.98 Å². The van der Waals surface area contributed by atoms with Crippen molar-refractivity contribution in [1.82, 2.24) is 19.7 Å². The van der Waals surface area contributed by atoms with Crippen LogP contribution in [0.5, 0.6) is 0 Å². The first kappa shape index (κ1) is 14.6. The summed E-state index contributed by atoms with van der Waals surface area (Å²) >= 11 is 5.87. The molecule has 0 amide bonds. The molecule has 0 aliphatic rings. The van der Waals surface area contributed by atoms with Crippen LogP contribution in [-0.2, 0) is 6.54 Å². The molecule has 2 aromatic heterocycles. The van der Waals surface area contributed by atoms with Crippen molar-refractivity contribution in [3.05, 3.63) is 76.1 Å². The van der Waals surface area contributed by atoms with E-state index in [1.807, 2.05) is 6.07 Å². The molecule has 0 radical (unpaired) electrons. The number of hydrogen-bond acceptors (Lipinski definition) is 5. The summed E-state index contributed by atoms with van der Waals surface area (Å²) in [5, 5.41) is 5.13. The molecule has 0 N–H and O–H groups in total. The summed E-state index contributed by atoms with van der Waals surface area (Å²) in [5.74, 6) is 0.780. The van der Waals surface area contributed by atoms with E-state index in [1.54, 1.807) is 42.5 Å². The average Bonchev–Trinajstić information content (AvgIpc) is 3.07. The first-order valence-electron chi connectivity index (χ1n) is 7.23. The third kappa shape index (κ3) is 2.68. The van der Waals surface area contributed by atoms with Crippen LogP contribution in [0.1, 0.15) is 5.89 Å². The molecule has 0 bridgehead atoms. The first-order chi connectivity index (χ1) is 11.7. The van der Waals surface area contributed by atoms with E-state index >= 15 is 0 Å². The number of aromatic nitrogens is 4. The van der Waals surface area contributed by atoms with Crippen molar-refractivity contribution >= 4 is 22.5 Å². The Kier molecular flexibility index (Phi) is 3.59. The van der Waals surface area contributed by atoms with Crippen LogP contribution in [0.3, 0.4) is 0 Å². The standard InChI is InChI=1S/C17H11ClN4O2/c18-12-7-5-11(6-8-12)16-20-15(24-21-16)9-22-10-19-14-4-2-1-3-13(14)17(22)23/h1-8,10H,9H2. The van der Waals surface area contributed by atoms with E-state index < -0.39 is 0 Å². The maximum Gasteiger partial charge on any atom is 0.261 e. The number of para-hydroxylation sites is 1. The fraction of sp³-hybridized carbons (Fsp3) is 0.0588. The highest BCUT2D eigenvalue weighted by atomic mass is 35.5. The normalized spacial score (nSPS) is 11.0. The van der Waals surface area contributed by atoms with Gasteiger partial charge in [0.2, 0.25) is 11.7 Å². The Balaban J connectivity index is 1.66. The first-order valence-corrected chi connectivity index (χ1v) is 7.61. The minimum Gasteiger partial charge on any atom is -0.337 e. The number of halogens is 1. The Hall–Kier alpha value is -2.99. The number of fused-ring (bicyclic) bond motifs is 1. The lowest BCUT2D eigenvalue weighted by molar-refractivity contribution is 0.369. The zero-order chi connectivity index (χ0) is 16.5. The second-order valence-electron chi connectivity index (χ2n) is 5.21. The molecule has 118 valence electrons. The molecule has 0 saturated carbocycles. The molecule has 2 heterocycles. The Morgan fingerprint density at radius 2 is 1.88 bits per heavy atom. The maximum atomic E-state index is 12.5. The van der Waals surface area contributed by atoms with Gasteiger partial charge in [-0.2, -0.15) is 4.98 Å². The molecule has 0 aliphatic heterocycles. The van der Waals surface area contributed by atoms with E-state index in [4.69, 9.17) is 16.1 Å². The zero-order valence-corrected chi connectivity index (χ0v) is 13.1. The third-order valence-electron chi connectivity index (χ3n) is 3.61. The molecule has 4 aromatic rings. The zero-order valence-electron chi connectivity index (χ0n) is 12.4. The van der Waals surface area contributed by atoms with Gasteiger partial charge in [-0.15, -0.1) is 0 Å². The van der Waals surface area contributed by atoms with E-state index in [2.05, 4.69) is 15.1 Å². The van der Waals surface area contributed by atoms with Crippen LogP contribution in [0.15, 0.2) is 64.2 Å². The maximum absolute atomic E-state index is 12.5. The second-order valence-corrected chi connectivity index (χ2v) is 5.65. The molecule has 7 heteroatoms. The van der Waals surface area contributed by atoms with Gasteiger partial charge < -0.3 is 4.52 Å². The van der Waals surface area contributed by atoms with Crippen molar-refractivity contribution in [3.8, 4) is 11.4 Å². The van der Waals surface area contributed by atoms with Gasteiger partial charge in [0.05, 0.1) is 17.2 Å². The molecule has 0 fully saturated rings. The summed E-state index contributed by atoms with van der Waals surface area (Å²) in [6, 6.07) is 14.3. The summed E-state index contributed by atoms with van der Waals surface area (Å²) in [5.41, 5.74) is 1.30. The van der Waals surface area contributed by atoms with Gasteiger partial charge >= 0.3 is 0 Å². The van der Waals surface area contributed by atoms with Crippen LogP contribution in [0.2, 0.25) is 5.02 Å². The Labute approximate surface area is 141 Å². The molecular formula is C17H11ClN4O2. The fourth-order valence-corrected chi connectivity index (χ4v) is 2.53. The number of benzene rings is 2. The lowest BCUT2D eigenvalue weighted by atomic mass is 10.2. The summed E-state index contributed by atoms with van der Waals surface area (Å²) in [7, 11) is 0. The van der Waals surface area contributed by atoms with Crippen molar-refractivity contribution in [2.24, 2.45) is 0 Å². The van der Waals surface area contributed by atoms with Crippen LogP contribution in [0, 0.1) is 0 Å². The van der Waals surface area contributed by atoms with Crippen LogP contribution >= 0.6 is 11.6 Å². The topological polar surface area (TPSA) is 73.8 Å². The van der Waals surface area contributed by atoms with Crippen LogP contribution in [0.4, 0.5) is 0 Å². The van der Waals surface area contributed by atoms with Crippen molar-refractivity contribution in [1.29, 1.82) is 0 Å². The van der Waals surface area contributed by atoms with Crippen LogP contribution < -0.4 is 5.56 Å². The van der Waals surface area contributed by atoms with E-state index in [-0.39, 0.29) is 12.1 Å². The molecule has 0 aliphatic carbocycles. The Morgan fingerprint density at radius 3 is 2.71 bits per heavy atom. The van der Waals surface area contributed by atoms with Gasteiger partial charge in [0.1, 0.15) is 6.54 Å². The van der Waals surface area contributed by atoms with E-state index in [9.17, 15) is 4.79 Å². The monoisotopic (exact) mass is 338 g/mol. The smallest absolute Gasteiger partial charge is 0.261 e. The van der Waals surface area contributed by atoms with Gasteiger partial charge in [0.25, 0.3) is 5.56 Å². The summed E-state index contributed by atoms with van der Waals surface area (Å²) in [6.45, 7) is 0.164. The van der Waals surface area contributed by atoms with Crippen molar-refractivity contribution < 1.29 is 4.52 Å². The van der Waals surface area contributed by atoms with Crippen molar-refractivity contribution in [2.75, 3.05) is 0 Å². The van der Waals surface area contributed by atoms with Crippen LogP contribution in [-0.4, -0.2) is 19.7 Å². The van der Waals surface area contributed by atoms with Gasteiger partial charge in [-0.1, -0.05) is 28.9 Å². The van der Waals surface area contributed by atoms with Crippen LogP contribution in [0.25, 0.3) is 22.3 Å². The Morgan fingerprint density at radius 1 is 1.08 bits per heavy atom. The van der Waals surface area contributed by atoms with Gasteiger partial charge in [0, 0.05) is 10.6 Å². The van der Waals surface area contributed by atoms with Crippen molar-refractivity contribution in [3.63, 3.8) is 0 Å². The average molecular weight is 339 g/mol. The van der Waals surface area contributed by atoms with Crippen molar-refractivity contribution in [2.45, 2.75) is 6.54 Å². The fourth-order valence-electron chi connectivity index (χ4n) is 2.40. The molecule has 24 heavy (non-hydrogen) atoms. The van der Waals surface area contributed by atoms with Gasteiger partial charge in [0.15, 0.2) is 0 Å². The number of nitrogens with zero attached hydrogens (tertiary/aromatic N) is 4. The molecule has 0 saturated heterocycles. The molecule has 0 unspecified atom stereocenters. The molecule has 6 nitrogen and oxygen atoms in total. The highest BCUT2D eigenvalue weighted by Crippen LogP contribution is 2.18. The lowest BCUT2D eigenvalue weighted by Crippen LogP contribution is -2.21. The molecule has 4 rings (SSSR count). The lowest BCUT2D eigenvalue weighted by Gasteiger charge is -2.03. The number of hydrogen-bond donors (Lipinski definition) is 0. The van der Waals surface area contributed by atoms with E-state index in [0.717, 1.165) is 5.56 Å². The summed E-state index contributed by atoms with van der Waals surface area (Å²) in [6.07, 6.45) is 1.48. The van der Waals surface area contributed by atoms with Gasteiger partial charge in [-0.05, 0) is 36.4 Å². The van der Waals surface area contributed by atoms with E-state index in [1.165, 1.54) is 10.9 Å². The molecule has 0 atom stereocenters. The predicted molar refractivity (Wildman–Crippen MR) is 89.8 cm³/mol. The molecular weight excluding hydrogens is 328 g/mol. The van der Waals surface area contributed by atoms with Gasteiger partial charge in [-0.3, -0.25) is 9.36 Å². The summed E-state index contributed by atoms with van der Waals surface area (Å²) in [4.78, 5) is 21.1. The minimum absolute atomic E-state index is 0.146. The van der Waals surface area contributed by atoms with E-state index in [0.29, 0.717) is 27.6 Å². The summed E-state index contributed by atoms with van der Waals surface area (Å²) < 4.78 is 6.68. The second kappa shape index (κ2) is 5.90. The SMILES string of the molecule is O=c1c2ccccc2ncn1Cc1nc(-c2ccc(Cl)cc2)no1. The Bertz CT molecular complexity index is 1070. The highest BCUT2D eigenvalue weighted by molar-refractivity contribution is 6.30. The highest BCUT2D eigenvalue weighted by Gasteiger charge is 2.11. The quantitative estimate of drug-likeness (QED) is 0.573. The molecule has 0 spiro atoms. The number of rotatable bonds is 3. The third-order valence-corrected chi connectivity index (χ3v) is 3.86. The largest absolute Gasteiger partial charge is 0.337 e. The molecule has 2 aromatic carbocycles.